The molecule has 0 saturated carbocycles. The first-order chi connectivity index (χ1) is 15.0. The summed E-state index contributed by atoms with van der Waals surface area (Å²) in [6.45, 7) is 5.12. The number of amides is 1. The minimum Gasteiger partial charge on any atom is -0.376 e. The molecule has 8 nitrogen and oxygen atoms in total. The molecule has 0 radical (unpaired) electrons. The van der Waals surface area contributed by atoms with Crippen molar-refractivity contribution < 1.29 is 17.9 Å². The molecule has 31 heavy (non-hydrogen) atoms. The van der Waals surface area contributed by atoms with Crippen molar-refractivity contribution in [3.63, 3.8) is 0 Å². The molecule has 4 rings (SSSR count). The van der Waals surface area contributed by atoms with Crippen LogP contribution in [0.5, 0.6) is 0 Å². The Kier molecular flexibility index (Phi) is 6.74. The Balaban J connectivity index is 1.51. The fourth-order valence-corrected chi connectivity index (χ4v) is 5.74. The lowest BCUT2D eigenvalue weighted by Gasteiger charge is -2.34. The van der Waals surface area contributed by atoms with Gasteiger partial charge in [-0.05, 0) is 31.4 Å². The number of nitrogens with zero attached hydrogens (tertiary/aromatic N) is 4. The number of carbonyl (C=O) groups is 1. The number of hydrogen-bond donors (Lipinski definition) is 0. The van der Waals surface area contributed by atoms with Gasteiger partial charge in [0.2, 0.25) is 20.9 Å². The van der Waals surface area contributed by atoms with Crippen molar-refractivity contribution in [2.75, 3.05) is 36.9 Å². The van der Waals surface area contributed by atoms with E-state index in [1.54, 1.807) is 15.7 Å². The Morgan fingerprint density at radius 1 is 1.19 bits per heavy atom. The van der Waals surface area contributed by atoms with Gasteiger partial charge in [-0.2, -0.15) is 0 Å². The highest BCUT2D eigenvalue weighted by Crippen LogP contribution is 2.22. The van der Waals surface area contributed by atoms with Crippen LogP contribution in [0.4, 0.5) is 5.69 Å². The van der Waals surface area contributed by atoms with Crippen LogP contribution >= 0.6 is 0 Å². The first-order valence-corrected chi connectivity index (χ1v) is 12.6. The number of anilines is 1. The molecule has 0 aliphatic carbocycles. The van der Waals surface area contributed by atoms with E-state index in [1.165, 1.54) is 0 Å². The number of benzene rings is 1. The summed E-state index contributed by atoms with van der Waals surface area (Å²) in [7, 11) is -3.46. The van der Waals surface area contributed by atoms with E-state index in [1.807, 2.05) is 37.3 Å². The van der Waals surface area contributed by atoms with Crippen LogP contribution in [0.1, 0.15) is 31.9 Å². The summed E-state index contributed by atoms with van der Waals surface area (Å²) in [5.41, 5.74) is 1.72. The number of hydrogen-bond acceptors (Lipinski definition) is 6. The van der Waals surface area contributed by atoms with Crippen molar-refractivity contribution in [3.05, 3.63) is 42.2 Å². The van der Waals surface area contributed by atoms with Gasteiger partial charge in [0.15, 0.2) is 0 Å². The van der Waals surface area contributed by atoms with Gasteiger partial charge >= 0.3 is 0 Å². The van der Waals surface area contributed by atoms with Crippen LogP contribution in [0.3, 0.4) is 0 Å². The molecule has 0 N–H and O–H groups in total. The summed E-state index contributed by atoms with van der Waals surface area (Å²) in [4.78, 5) is 20.9. The lowest BCUT2D eigenvalue weighted by atomic mass is 10.2. The molecule has 1 amide bonds. The number of rotatable bonds is 8. The number of ether oxygens (including phenoxy) is 1. The van der Waals surface area contributed by atoms with E-state index in [0.29, 0.717) is 39.2 Å². The molecule has 2 aromatic rings. The zero-order valence-electron chi connectivity index (χ0n) is 17.9. The summed E-state index contributed by atoms with van der Waals surface area (Å²) in [6.07, 6.45) is 4.09. The number of aromatic nitrogens is 2. The molecule has 2 fully saturated rings. The number of carbonyl (C=O) groups excluding carboxylic acids is 1. The molecular weight excluding hydrogens is 416 g/mol. The lowest BCUT2D eigenvalue weighted by molar-refractivity contribution is -0.121. The van der Waals surface area contributed by atoms with Crippen molar-refractivity contribution >= 4 is 21.4 Å². The van der Waals surface area contributed by atoms with Gasteiger partial charge in [-0.3, -0.25) is 9.69 Å². The molecule has 1 aromatic carbocycles. The fourth-order valence-electron chi connectivity index (χ4n) is 4.28. The number of para-hydroxylation sites is 1. The third kappa shape index (κ3) is 4.99. The van der Waals surface area contributed by atoms with Crippen LogP contribution in [0.15, 0.2) is 41.7 Å². The molecule has 0 spiro atoms. The molecule has 9 heteroatoms. The quantitative estimate of drug-likeness (QED) is 0.617. The maximum Gasteiger partial charge on any atom is 0.241 e. The second-order valence-corrected chi connectivity index (χ2v) is 10.2. The Morgan fingerprint density at radius 2 is 2.00 bits per heavy atom. The van der Waals surface area contributed by atoms with E-state index in [-0.39, 0.29) is 29.5 Å². The SMILES string of the molecule is CCCS(=O)(=O)c1ncc(CN2CCN(c3ccccc3)C(=O)C2)n1CC1CCCO1. The fraction of sp³-hybridized carbons (Fsp3) is 0.545. The van der Waals surface area contributed by atoms with Crippen LogP contribution in [0.2, 0.25) is 0 Å². The lowest BCUT2D eigenvalue weighted by Crippen LogP contribution is -2.50. The van der Waals surface area contributed by atoms with E-state index in [4.69, 9.17) is 4.74 Å². The molecule has 0 bridgehead atoms. The van der Waals surface area contributed by atoms with Gasteiger partial charge in [-0.15, -0.1) is 0 Å². The van der Waals surface area contributed by atoms with Crippen LogP contribution in [0, 0.1) is 0 Å². The van der Waals surface area contributed by atoms with Gasteiger partial charge in [0.1, 0.15) is 0 Å². The first kappa shape index (κ1) is 22.0. The third-order valence-electron chi connectivity index (χ3n) is 5.82. The molecular formula is C22H30N4O4S. The second-order valence-electron chi connectivity index (χ2n) is 8.19. The van der Waals surface area contributed by atoms with Crippen LogP contribution in [-0.2, 0) is 32.5 Å². The number of sulfone groups is 1. The predicted octanol–water partition coefficient (Wildman–Crippen LogP) is 2.09. The minimum atomic E-state index is -3.46. The maximum atomic E-state index is 12.8. The van der Waals surface area contributed by atoms with Crippen molar-refractivity contribution in [3.8, 4) is 0 Å². The first-order valence-electron chi connectivity index (χ1n) is 10.9. The second kappa shape index (κ2) is 9.50. The van der Waals surface area contributed by atoms with Gasteiger partial charge in [-0.1, -0.05) is 25.1 Å². The van der Waals surface area contributed by atoms with E-state index in [2.05, 4.69) is 9.88 Å². The molecule has 168 valence electrons. The Labute approximate surface area is 183 Å². The van der Waals surface area contributed by atoms with Crippen molar-refractivity contribution in [1.82, 2.24) is 14.5 Å². The zero-order chi connectivity index (χ0) is 21.8. The largest absolute Gasteiger partial charge is 0.376 e. The molecule has 2 aliphatic heterocycles. The summed E-state index contributed by atoms with van der Waals surface area (Å²) in [6, 6.07) is 9.67. The molecule has 1 aromatic heterocycles. The molecule has 2 aliphatic rings. The molecule has 1 unspecified atom stereocenters. The normalized spacial score (nSPS) is 20.5. The smallest absolute Gasteiger partial charge is 0.241 e. The standard InChI is InChI=1S/C22H30N4O4S/c1-2-13-31(28,29)22-23-14-19(26(22)16-20-9-6-12-30-20)15-24-10-11-25(21(27)17-24)18-7-4-3-5-8-18/h3-5,7-8,14,20H,2,6,9-13,15-17H2,1H3. The minimum absolute atomic E-state index is 0.0000801. The van der Waals surface area contributed by atoms with E-state index < -0.39 is 9.84 Å². The predicted molar refractivity (Wildman–Crippen MR) is 118 cm³/mol. The molecule has 1 atom stereocenters. The van der Waals surface area contributed by atoms with E-state index >= 15 is 0 Å². The third-order valence-corrected chi connectivity index (χ3v) is 7.64. The van der Waals surface area contributed by atoms with Crippen molar-refractivity contribution in [2.45, 2.75) is 50.5 Å². The number of piperazine rings is 1. The average Bonchev–Trinajstić information content (AvgIpc) is 3.40. The van der Waals surface area contributed by atoms with Crippen molar-refractivity contribution in [1.29, 1.82) is 0 Å². The van der Waals surface area contributed by atoms with Crippen LogP contribution in [0.25, 0.3) is 0 Å². The van der Waals surface area contributed by atoms with Crippen molar-refractivity contribution in [2.24, 2.45) is 0 Å². The van der Waals surface area contributed by atoms with E-state index in [0.717, 1.165) is 24.2 Å². The topological polar surface area (TPSA) is 84.7 Å². The highest BCUT2D eigenvalue weighted by Gasteiger charge is 2.29. The summed E-state index contributed by atoms with van der Waals surface area (Å²) in [5, 5.41) is 0.120. The van der Waals surface area contributed by atoms with Gasteiger partial charge in [0.05, 0.1) is 36.8 Å². The number of imidazole rings is 1. The van der Waals surface area contributed by atoms with Gasteiger partial charge in [-0.25, -0.2) is 13.4 Å². The maximum absolute atomic E-state index is 12.8. The highest BCUT2D eigenvalue weighted by molar-refractivity contribution is 7.91. The Hall–Kier alpha value is -2.23. The zero-order valence-corrected chi connectivity index (χ0v) is 18.8. The van der Waals surface area contributed by atoms with Gasteiger partial charge in [0, 0.05) is 31.9 Å². The summed E-state index contributed by atoms with van der Waals surface area (Å²) >= 11 is 0. The Morgan fingerprint density at radius 3 is 2.68 bits per heavy atom. The monoisotopic (exact) mass is 446 g/mol. The van der Waals surface area contributed by atoms with Crippen LogP contribution < -0.4 is 4.90 Å². The summed E-state index contributed by atoms with van der Waals surface area (Å²) < 4.78 is 33.1. The van der Waals surface area contributed by atoms with E-state index in [9.17, 15) is 13.2 Å². The summed E-state index contributed by atoms with van der Waals surface area (Å²) in [5.74, 6) is 0.116. The molecule has 2 saturated heterocycles. The average molecular weight is 447 g/mol. The van der Waals surface area contributed by atoms with Gasteiger partial charge in [0.25, 0.3) is 0 Å². The Bertz CT molecular complexity index is 1000. The van der Waals surface area contributed by atoms with Gasteiger partial charge < -0.3 is 14.2 Å². The van der Waals surface area contributed by atoms with Crippen LogP contribution in [-0.4, -0.2) is 66.9 Å². The molecule has 3 heterocycles. The highest BCUT2D eigenvalue weighted by atomic mass is 32.2.